The highest BCUT2D eigenvalue weighted by Crippen LogP contribution is 2.36. The SMILES string of the molecule is O=C(O)c1ccnc(C(=O)N2CCSC3CCCCC32)c1. The van der Waals surface area contributed by atoms with Crippen molar-refractivity contribution in [1.82, 2.24) is 9.88 Å². The van der Waals surface area contributed by atoms with E-state index in [1.807, 2.05) is 16.7 Å². The predicted octanol–water partition coefficient (Wildman–Crippen LogP) is 2.28. The Kier molecular flexibility index (Phi) is 4.14. The molecule has 6 heteroatoms. The molecule has 1 aliphatic carbocycles. The molecule has 2 aliphatic rings. The van der Waals surface area contributed by atoms with Crippen LogP contribution in [0, 0.1) is 0 Å². The first-order valence-electron chi connectivity index (χ1n) is 7.29. The van der Waals surface area contributed by atoms with Gasteiger partial charge in [-0.1, -0.05) is 12.8 Å². The molecule has 0 bridgehead atoms. The second kappa shape index (κ2) is 6.05. The van der Waals surface area contributed by atoms with E-state index in [2.05, 4.69) is 4.98 Å². The maximum atomic E-state index is 12.7. The van der Waals surface area contributed by atoms with E-state index in [-0.39, 0.29) is 23.2 Å². The molecule has 1 N–H and O–H groups in total. The van der Waals surface area contributed by atoms with E-state index in [0.717, 1.165) is 25.1 Å². The van der Waals surface area contributed by atoms with Crippen LogP contribution in [0.1, 0.15) is 46.5 Å². The molecule has 1 aromatic heterocycles. The van der Waals surface area contributed by atoms with Crippen molar-refractivity contribution >= 4 is 23.6 Å². The Bertz CT molecular complexity index is 562. The van der Waals surface area contributed by atoms with Crippen molar-refractivity contribution in [3.63, 3.8) is 0 Å². The van der Waals surface area contributed by atoms with Gasteiger partial charge < -0.3 is 10.0 Å². The minimum atomic E-state index is -1.03. The Morgan fingerprint density at radius 2 is 2.14 bits per heavy atom. The van der Waals surface area contributed by atoms with Gasteiger partial charge in [0.15, 0.2) is 0 Å². The zero-order chi connectivity index (χ0) is 14.8. The number of carboxylic acid groups (broad SMARTS) is 1. The van der Waals surface area contributed by atoms with Crippen molar-refractivity contribution < 1.29 is 14.7 Å². The topological polar surface area (TPSA) is 70.5 Å². The molecule has 2 unspecified atom stereocenters. The number of nitrogens with zero attached hydrogens (tertiary/aromatic N) is 2. The highest BCUT2D eigenvalue weighted by molar-refractivity contribution is 8.00. The van der Waals surface area contributed by atoms with E-state index >= 15 is 0 Å². The summed E-state index contributed by atoms with van der Waals surface area (Å²) in [4.78, 5) is 29.7. The van der Waals surface area contributed by atoms with Gasteiger partial charge in [-0.3, -0.25) is 9.78 Å². The zero-order valence-electron chi connectivity index (χ0n) is 11.7. The lowest BCUT2D eigenvalue weighted by atomic mass is 9.93. The van der Waals surface area contributed by atoms with Gasteiger partial charge in [0.2, 0.25) is 0 Å². The van der Waals surface area contributed by atoms with Crippen molar-refractivity contribution in [1.29, 1.82) is 0 Å². The Hall–Kier alpha value is -1.56. The fourth-order valence-electron chi connectivity index (χ4n) is 3.18. The summed E-state index contributed by atoms with van der Waals surface area (Å²) in [5.74, 6) is -0.211. The average Bonchev–Trinajstić information content (AvgIpc) is 2.53. The molecule has 21 heavy (non-hydrogen) atoms. The summed E-state index contributed by atoms with van der Waals surface area (Å²) in [7, 11) is 0. The number of rotatable bonds is 2. The van der Waals surface area contributed by atoms with Crippen molar-refractivity contribution in [3.05, 3.63) is 29.6 Å². The van der Waals surface area contributed by atoms with E-state index in [1.54, 1.807) is 0 Å². The first kappa shape index (κ1) is 14.4. The number of hydrogen-bond acceptors (Lipinski definition) is 4. The van der Waals surface area contributed by atoms with Gasteiger partial charge >= 0.3 is 5.97 Å². The number of pyridine rings is 1. The molecule has 1 aromatic rings. The molecule has 0 aromatic carbocycles. The standard InChI is InChI=1S/C15H18N2O3S/c18-14(11-9-10(15(19)20)5-6-16-11)17-7-8-21-13-4-2-1-3-12(13)17/h5-6,9,12-13H,1-4,7-8H2,(H,19,20). The average molecular weight is 306 g/mol. The summed E-state index contributed by atoms with van der Waals surface area (Å²) in [6, 6.07) is 3.07. The maximum Gasteiger partial charge on any atom is 0.335 e. The minimum absolute atomic E-state index is 0.111. The molecular weight excluding hydrogens is 288 g/mol. The number of carboxylic acids is 1. The molecule has 0 spiro atoms. The molecule has 112 valence electrons. The van der Waals surface area contributed by atoms with Gasteiger partial charge in [0.1, 0.15) is 5.69 Å². The van der Waals surface area contributed by atoms with Crippen LogP contribution < -0.4 is 0 Å². The number of thioether (sulfide) groups is 1. The van der Waals surface area contributed by atoms with Crippen molar-refractivity contribution in [2.75, 3.05) is 12.3 Å². The molecule has 2 heterocycles. The Balaban J connectivity index is 1.83. The Labute approximate surface area is 127 Å². The first-order chi connectivity index (χ1) is 10.2. The largest absolute Gasteiger partial charge is 0.478 e. The van der Waals surface area contributed by atoms with Gasteiger partial charge in [-0.05, 0) is 25.0 Å². The van der Waals surface area contributed by atoms with Crippen LogP contribution in [0.2, 0.25) is 0 Å². The molecule has 1 aliphatic heterocycles. The smallest absolute Gasteiger partial charge is 0.335 e. The monoisotopic (exact) mass is 306 g/mol. The van der Waals surface area contributed by atoms with E-state index in [0.29, 0.717) is 5.25 Å². The second-order valence-corrected chi connectivity index (χ2v) is 6.84. The summed E-state index contributed by atoms with van der Waals surface area (Å²) in [6.07, 6.45) is 6.01. The summed E-state index contributed by atoms with van der Waals surface area (Å²) in [5, 5.41) is 9.56. The summed E-state index contributed by atoms with van der Waals surface area (Å²) in [6.45, 7) is 0.726. The third kappa shape index (κ3) is 2.90. The number of aromatic carboxylic acids is 1. The molecule has 1 saturated carbocycles. The van der Waals surface area contributed by atoms with E-state index in [4.69, 9.17) is 5.11 Å². The van der Waals surface area contributed by atoms with Crippen LogP contribution in [-0.2, 0) is 0 Å². The summed E-state index contributed by atoms with van der Waals surface area (Å²) < 4.78 is 0. The number of aromatic nitrogens is 1. The quantitative estimate of drug-likeness (QED) is 0.907. The zero-order valence-corrected chi connectivity index (χ0v) is 12.5. The third-order valence-electron chi connectivity index (χ3n) is 4.22. The first-order valence-corrected chi connectivity index (χ1v) is 8.33. The van der Waals surface area contributed by atoms with Crippen LogP contribution in [0.3, 0.4) is 0 Å². The Morgan fingerprint density at radius 1 is 1.33 bits per heavy atom. The lowest BCUT2D eigenvalue weighted by molar-refractivity contribution is 0.0640. The van der Waals surface area contributed by atoms with Crippen LogP contribution >= 0.6 is 11.8 Å². The highest BCUT2D eigenvalue weighted by Gasteiger charge is 2.36. The van der Waals surface area contributed by atoms with Crippen LogP contribution in [0.5, 0.6) is 0 Å². The van der Waals surface area contributed by atoms with E-state index in [9.17, 15) is 9.59 Å². The van der Waals surface area contributed by atoms with Gasteiger partial charge in [-0.25, -0.2) is 4.79 Å². The maximum absolute atomic E-state index is 12.7. The van der Waals surface area contributed by atoms with Crippen LogP contribution in [0.25, 0.3) is 0 Å². The van der Waals surface area contributed by atoms with Gasteiger partial charge in [0.05, 0.1) is 5.56 Å². The van der Waals surface area contributed by atoms with Crippen LogP contribution in [0.15, 0.2) is 18.3 Å². The molecule has 0 radical (unpaired) electrons. The highest BCUT2D eigenvalue weighted by atomic mass is 32.2. The molecule has 1 saturated heterocycles. The number of carbonyl (C=O) groups is 2. The molecular formula is C15H18N2O3S. The van der Waals surface area contributed by atoms with Crippen molar-refractivity contribution in [2.45, 2.75) is 37.0 Å². The molecule has 2 fully saturated rings. The summed E-state index contributed by atoms with van der Waals surface area (Å²) >= 11 is 1.96. The number of amides is 1. The Morgan fingerprint density at radius 3 is 2.95 bits per heavy atom. The number of hydrogen-bond donors (Lipinski definition) is 1. The van der Waals surface area contributed by atoms with Crippen molar-refractivity contribution in [3.8, 4) is 0 Å². The van der Waals surface area contributed by atoms with Crippen molar-refractivity contribution in [2.24, 2.45) is 0 Å². The van der Waals surface area contributed by atoms with Gasteiger partial charge in [-0.2, -0.15) is 11.8 Å². The normalized spacial score (nSPS) is 25.2. The molecule has 2 atom stereocenters. The second-order valence-electron chi connectivity index (χ2n) is 5.49. The summed E-state index contributed by atoms with van der Waals surface area (Å²) in [5.41, 5.74) is 0.353. The molecule has 3 rings (SSSR count). The lowest BCUT2D eigenvalue weighted by Crippen LogP contribution is -2.51. The molecule has 1 amide bonds. The fourth-order valence-corrected chi connectivity index (χ4v) is 4.62. The number of fused-ring (bicyclic) bond motifs is 1. The lowest BCUT2D eigenvalue weighted by Gasteiger charge is -2.43. The van der Waals surface area contributed by atoms with Crippen LogP contribution in [-0.4, -0.2) is 50.5 Å². The van der Waals surface area contributed by atoms with E-state index in [1.165, 1.54) is 31.2 Å². The van der Waals surface area contributed by atoms with E-state index < -0.39 is 5.97 Å². The fraction of sp³-hybridized carbons (Fsp3) is 0.533. The third-order valence-corrected chi connectivity index (χ3v) is 5.62. The van der Waals surface area contributed by atoms with Gasteiger partial charge in [0.25, 0.3) is 5.91 Å². The van der Waals surface area contributed by atoms with Gasteiger partial charge in [-0.15, -0.1) is 0 Å². The predicted molar refractivity (Wildman–Crippen MR) is 80.7 cm³/mol. The number of carbonyl (C=O) groups excluding carboxylic acids is 1. The van der Waals surface area contributed by atoms with Crippen LogP contribution in [0.4, 0.5) is 0 Å². The molecule has 5 nitrogen and oxygen atoms in total. The van der Waals surface area contributed by atoms with Gasteiger partial charge in [0, 0.05) is 29.8 Å². The minimum Gasteiger partial charge on any atom is -0.478 e.